The second-order valence-corrected chi connectivity index (χ2v) is 8.25. The third kappa shape index (κ3) is 3.88. The summed E-state index contributed by atoms with van der Waals surface area (Å²) in [6.07, 6.45) is 2.36. The van der Waals surface area contributed by atoms with E-state index >= 15 is 0 Å². The number of halogens is 1. The Bertz CT molecular complexity index is 856. The van der Waals surface area contributed by atoms with E-state index in [1.165, 1.54) is 23.1 Å². The third-order valence-electron chi connectivity index (χ3n) is 5.15. The summed E-state index contributed by atoms with van der Waals surface area (Å²) in [4.78, 5) is 9.83. The van der Waals surface area contributed by atoms with Crippen molar-refractivity contribution in [1.82, 2.24) is 9.88 Å². The van der Waals surface area contributed by atoms with Crippen molar-refractivity contribution in [3.8, 4) is 0 Å². The molecule has 1 fully saturated rings. The lowest BCUT2D eigenvalue weighted by atomic mass is 10.0. The second-order valence-electron chi connectivity index (χ2n) is 6.80. The summed E-state index contributed by atoms with van der Waals surface area (Å²) in [5, 5.41) is 1.91. The second kappa shape index (κ2) is 7.95. The fourth-order valence-corrected chi connectivity index (χ4v) is 5.00. The van der Waals surface area contributed by atoms with Crippen molar-refractivity contribution < 1.29 is 0 Å². The summed E-state index contributed by atoms with van der Waals surface area (Å²) in [5.74, 6) is 0. The van der Waals surface area contributed by atoms with Gasteiger partial charge < -0.3 is 4.90 Å². The Balaban J connectivity index is 1.40. The number of piperidine rings is 1. The van der Waals surface area contributed by atoms with E-state index in [9.17, 15) is 0 Å². The first-order valence-corrected chi connectivity index (χ1v) is 10.4. The van der Waals surface area contributed by atoms with Crippen molar-refractivity contribution in [3.05, 3.63) is 59.1 Å². The van der Waals surface area contributed by atoms with Gasteiger partial charge in [-0.2, -0.15) is 0 Å². The van der Waals surface area contributed by atoms with Crippen molar-refractivity contribution in [3.63, 3.8) is 0 Å². The summed E-state index contributed by atoms with van der Waals surface area (Å²) in [6, 6.07) is 18.1. The molecule has 1 radical (unpaired) electrons. The Morgan fingerprint density at radius 1 is 1.31 bits per heavy atom. The maximum absolute atomic E-state index is 6.11. The van der Waals surface area contributed by atoms with Gasteiger partial charge in [-0.3, -0.25) is 4.90 Å². The van der Waals surface area contributed by atoms with Gasteiger partial charge in [0.25, 0.3) is 0 Å². The van der Waals surface area contributed by atoms with Crippen LogP contribution >= 0.6 is 22.9 Å². The minimum absolute atomic E-state index is 0.639. The topological polar surface area (TPSA) is 19.4 Å². The van der Waals surface area contributed by atoms with Crippen molar-refractivity contribution in [1.29, 1.82) is 0 Å². The highest BCUT2D eigenvalue weighted by molar-refractivity contribution is 7.22. The van der Waals surface area contributed by atoms with Crippen LogP contribution in [0.2, 0.25) is 5.02 Å². The van der Waals surface area contributed by atoms with Gasteiger partial charge in [0.2, 0.25) is 0 Å². The fraction of sp³-hybridized carbons (Fsp3) is 0.381. The van der Waals surface area contributed by atoms with Gasteiger partial charge in [-0.15, -0.1) is 0 Å². The Hall–Kier alpha value is -1.62. The highest BCUT2D eigenvalue weighted by Gasteiger charge is 2.25. The average molecular weight is 385 g/mol. The van der Waals surface area contributed by atoms with Gasteiger partial charge in [0, 0.05) is 30.7 Å². The van der Waals surface area contributed by atoms with Crippen molar-refractivity contribution >= 4 is 38.3 Å². The molecular formula is C21H23ClN3S. The van der Waals surface area contributed by atoms with Crippen LogP contribution in [0.25, 0.3) is 10.2 Å². The van der Waals surface area contributed by atoms with E-state index in [4.69, 9.17) is 16.6 Å². The van der Waals surface area contributed by atoms with Crippen molar-refractivity contribution in [2.24, 2.45) is 0 Å². The van der Waals surface area contributed by atoms with E-state index in [-0.39, 0.29) is 0 Å². The van der Waals surface area contributed by atoms with Crippen LogP contribution in [0.5, 0.6) is 0 Å². The molecule has 0 unspecified atom stereocenters. The molecule has 26 heavy (non-hydrogen) atoms. The predicted octanol–water partition coefficient (Wildman–Crippen LogP) is 5.24. The van der Waals surface area contributed by atoms with E-state index in [1.807, 2.05) is 24.3 Å². The third-order valence-corrected chi connectivity index (χ3v) is 6.47. The molecular weight excluding hydrogens is 362 g/mol. The molecule has 0 amide bonds. The van der Waals surface area contributed by atoms with Gasteiger partial charge in [-0.05, 0) is 55.3 Å². The monoisotopic (exact) mass is 384 g/mol. The molecule has 1 aliphatic rings. The first-order chi connectivity index (χ1) is 12.7. The molecule has 135 valence electrons. The predicted molar refractivity (Wildman–Crippen MR) is 111 cm³/mol. The summed E-state index contributed by atoms with van der Waals surface area (Å²) < 4.78 is 1.17. The number of nitrogens with zero attached hydrogens (tertiary/aromatic N) is 3. The maximum Gasteiger partial charge on any atom is 0.186 e. The van der Waals surface area contributed by atoms with E-state index in [0.29, 0.717) is 6.04 Å². The number of thiazole rings is 1. The Labute approximate surface area is 164 Å². The molecule has 0 bridgehead atoms. The number of benzene rings is 2. The van der Waals surface area contributed by atoms with Crippen LogP contribution in [-0.2, 0) is 6.54 Å². The van der Waals surface area contributed by atoms with Gasteiger partial charge in [0.15, 0.2) is 5.13 Å². The molecule has 3 aromatic rings. The highest BCUT2D eigenvalue weighted by Crippen LogP contribution is 2.32. The molecule has 0 spiro atoms. The highest BCUT2D eigenvalue weighted by atomic mass is 35.5. The van der Waals surface area contributed by atoms with Gasteiger partial charge in [0.05, 0.1) is 10.2 Å². The van der Waals surface area contributed by atoms with Gasteiger partial charge >= 0.3 is 0 Å². The van der Waals surface area contributed by atoms with E-state index < -0.39 is 0 Å². The normalized spacial score (nSPS) is 15.9. The minimum atomic E-state index is 0.639. The molecule has 4 rings (SSSR count). The van der Waals surface area contributed by atoms with E-state index in [1.54, 1.807) is 11.3 Å². The molecule has 0 N–H and O–H groups in total. The summed E-state index contributed by atoms with van der Waals surface area (Å²) in [5.41, 5.74) is 2.40. The molecule has 2 aromatic carbocycles. The fourth-order valence-electron chi connectivity index (χ4n) is 3.71. The molecule has 0 saturated carbocycles. The first kappa shape index (κ1) is 17.8. The van der Waals surface area contributed by atoms with Crippen LogP contribution in [-0.4, -0.2) is 35.6 Å². The quantitative estimate of drug-likeness (QED) is 0.599. The molecule has 0 atom stereocenters. The number of hydrogen-bond acceptors (Lipinski definition) is 4. The summed E-state index contributed by atoms with van der Waals surface area (Å²) in [7, 11) is 0. The summed E-state index contributed by atoms with van der Waals surface area (Å²) in [6.45, 7) is 6.49. The number of hydrogen-bond donors (Lipinski definition) is 0. The zero-order chi connectivity index (χ0) is 17.9. The Kier molecular flexibility index (Phi) is 5.44. The van der Waals surface area contributed by atoms with Crippen LogP contribution in [0.4, 0.5) is 5.13 Å². The van der Waals surface area contributed by atoms with Gasteiger partial charge in [-0.25, -0.2) is 4.98 Å². The SMILES string of the molecule is CCN(Cc1c[c]ccc1)C1CCN(c2nc3ccc(Cl)cc3s2)CC1. The summed E-state index contributed by atoms with van der Waals surface area (Å²) >= 11 is 7.86. The lowest BCUT2D eigenvalue weighted by molar-refractivity contribution is 0.169. The van der Waals surface area contributed by atoms with Gasteiger partial charge in [-0.1, -0.05) is 48.1 Å². The largest absolute Gasteiger partial charge is 0.348 e. The van der Waals surface area contributed by atoms with Crippen molar-refractivity contribution in [2.75, 3.05) is 24.5 Å². The molecule has 2 heterocycles. The first-order valence-electron chi connectivity index (χ1n) is 9.23. The Morgan fingerprint density at radius 2 is 2.15 bits per heavy atom. The molecule has 3 nitrogen and oxygen atoms in total. The molecule has 1 aliphatic heterocycles. The number of fused-ring (bicyclic) bond motifs is 1. The number of rotatable bonds is 5. The van der Waals surface area contributed by atoms with Crippen LogP contribution in [0.15, 0.2) is 42.5 Å². The standard InChI is InChI=1S/C21H23ClN3S/c1-2-24(15-16-6-4-3-5-7-16)18-10-12-25(13-11-18)21-23-19-9-8-17(22)14-20(19)26-21/h3-4,6-9,14,18H,2,10-13,15H2,1H3. The van der Waals surface area contributed by atoms with E-state index in [0.717, 1.165) is 41.8 Å². The molecule has 5 heteroatoms. The molecule has 1 saturated heterocycles. The number of anilines is 1. The number of aromatic nitrogens is 1. The smallest absolute Gasteiger partial charge is 0.186 e. The zero-order valence-electron chi connectivity index (χ0n) is 15.0. The lowest BCUT2D eigenvalue weighted by Crippen LogP contribution is -2.44. The zero-order valence-corrected chi connectivity index (χ0v) is 16.6. The van der Waals surface area contributed by atoms with Crippen molar-refractivity contribution in [2.45, 2.75) is 32.4 Å². The molecule has 1 aromatic heterocycles. The van der Waals surface area contributed by atoms with Crippen LogP contribution in [0.3, 0.4) is 0 Å². The maximum atomic E-state index is 6.11. The van der Waals surface area contributed by atoms with E-state index in [2.05, 4.69) is 41.0 Å². The minimum Gasteiger partial charge on any atom is -0.348 e. The van der Waals surface area contributed by atoms with Gasteiger partial charge in [0.1, 0.15) is 0 Å². The van der Waals surface area contributed by atoms with Crippen LogP contribution in [0, 0.1) is 6.07 Å². The van der Waals surface area contributed by atoms with Crippen LogP contribution in [0.1, 0.15) is 25.3 Å². The van der Waals surface area contributed by atoms with Crippen LogP contribution < -0.4 is 4.90 Å². The average Bonchev–Trinajstić information content (AvgIpc) is 3.10. The molecule has 0 aliphatic carbocycles. The Morgan fingerprint density at radius 3 is 2.88 bits per heavy atom. The lowest BCUT2D eigenvalue weighted by Gasteiger charge is -2.38.